The van der Waals surface area contributed by atoms with Crippen LogP contribution in [0.5, 0.6) is 5.75 Å². The van der Waals surface area contributed by atoms with Crippen LogP contribution < -0.4 is 10.1 Å². The summed E-state index contributed by atoms with van der Waals surface area (Å²) in [7, 11) is 0. The molecule has 2 N–H and O–H groups in total. The van der Waals surface area contributed by atoms with Crippen molar-refractivity contribution in [2.75, 3.05) is 13.2 Å². The van der Waals surface area contributed by atoms with Crippen LogP contribution in [0, 0.1) is 11.8 Å². The van der Waals surface area contributed by atoms with Crippen molar-refractivity contribution in [1.82, 2.24) is 5.32 Å². The number of carboxylic acids is 1. The number of carboxylic acid groups (broad SMARTS) is 1. The van der Waals surface area contributed by atoms with Gasteiger partial charge in [-0.1, -0.05) is 23.4 Å². The predicted octanol–water partition coefficient (Wildman–Crippen LogP) is 1.29. The van der Waals surface area contributed by atoms with E-state index in [-0.39, 0.29) is 12.5 Å². The van der Waals surface area contributed by atoms with Gasteiger partial charge in [-0.2, -0.15) is 0 Å². The van der Waals surface area contributed by atoms with Crippen LogP contribution in [0.3, 0.4) is 0 Å². The maximum Gasteiger partial charge on any atom is 0.341 e. The molecule has 6 heteroatoms. The minimum absolute atomic E-state index is 0.173. The van der Waals surface area contributed by atoms with E-state index in [0.717, 1.165) is 0 Å². The van der Waals surface area contributed by atoms with E-state index in [0.29, 0.717) is 16.3 Å². The first kappa shape index (κ1) is 14.9. The molecule has 19 heavy (non-hydrogen) atoms. The van der Waals surface area contributed by atoms with E-state index >= 15 is 0 Å². The molecule has 0 bridgehead atoms. The Hall–Kier alpha value is -2.19. The van der Waals surface area contributed by atoms with Gasteiger partial charge in [-0.05, 0) is 12.1 Å². The standard InChI is InChI=1S/C13H12ClNO4/c1-9(16)15-6-2-3-10-4-5-11(14)7-12(10)19-8-13(17)18/h4-5,7H,6,8H2,1H3,(H,15,16)(H,17,18). The van der Waals surface area contributed by atoms with E-state index in [1.165, 1.54) is 13.0 Å². The van der Waals surface area contributed by atoms with Crippen molar-refractivity contribution in [1.29, 1.82) is 0 Å². The third-order valence-corrected chi connectivity index (χ3v) is 2.18. The number of ether oxygens (including phenoxy) is 1. The molecule has 0 fully saturated rings. The fraction of sp³-hybridized carbons (Fsp3) is 0.231. The molecule has 100 valence electrons. The number of aliphatic carboxylic acids is 1. The molecule has 1 rings (SSSR count). The van der Waals surface area contributed by atoms with Gasteiger partial charge in [-0.25, -0.2) is 4.79 Å². The first-order chi connectivity index (χ1) is 8.99. The predicted molar refractivity (Wildman–Crippen MR) is 70.1 cm³/mol. The van der Waals surface area contributed by atoms with Crippen molar-refractivity contribution in [3.8, 4) is 17.6 Å². The number of hydrogen-bond acceptors (Lipinski definition) is 3. The van der Waals surface area contributed by atoms with E-state index in [1.54, 1.807) is 12.1 Å². The molecular weight excluding hydrogens is 270 g/mol. The van der Waals surface area contributed by atoms with Crippen molar-refractivity contribution in [3.63, 3.8) is 0 Å². The molecule has 1 amide bonds. The smallest absolute Gasteiger partial charge is 0.341 e. The van der Waals surface area contributed by atoms with Gasteiger partial charge in [0.15, 0.2) is 6.61 Å². The van der Waals surface area contributed by atoms with E-state index in [9.17, 15) is 9.59 Å². The molecular formula is C13H12ClNO4. The van der Waals surface area contributed by atoms with Crippen LogP contribution in [0.2, 0.25) is 5.02 Å². The van der Waals surface area contributed by atoms with E-state index in [1.807, 2.05) is 0 Å². The van der Waals surface area contributed by atoms with Crippen LogP contribution in [0.15, 0.2) is 18.2 Å². The van der Waals surface area contributed by atoms with Crippen molar-refractivity contribution >= 4 is 23.5 Å². The second kappa shape index (κ2) is 7.29. The van der Waals surface area contributed by atoms with E-state index < -0.39 is 12.6 Å². The van der Waals surface area contributed by atoms with Crippen LogP contribution in [0.4, 0.5) is 0 Å². The lowest BCUT2D eigenvalue weighted by atomic mass is 10.2. The summed E-state index contributed by atoms with van der Waals surface area (Å²) < 4.78 is 5.08. The molecule has 0 heterocycles. The maximum atomic E-state index is 10.7. The molecule has 0 aliphatic heterocycles. The van der Waals surface area contributed by atoms with Gasteiger partial charge in [0.2, 0.25) is 5.91 Å². The van der Waals surface area contributed by atoms with Gasteiger partial charge in [-0.15, -0.1) is 0 Å². The zero-order valence-corrected chi connectivity index (χ0v) is 11.0. The minimum atomic E-state index is -1.09. The summed E-state index contributed by atoms with van der Waals surface area (Å²) in [5.74, 6) is 4.54. The molecule has 0 atom stereocenters. The topological polar surface area (TPSA) is 75.6 Å². The summed E-state index contributed by atoms with van der Waals surface area (Å²) in [5.41, 5.74) is 0.510. The second-order valence-electron chi connectivity index (χ2n) is 3.53. The summed E-state index contributed by atoms with van der Waals surface area (Å²) in [6, 6.07) is 4.74. The van der Waals surface area contributed by atoms with Gasteiger partial charge in [0, 0.05) is 18.0 Å². The summed E-state index contributed by atoms with van der Waals surface area (Å²) in [4.78, 5) is 21.1. The van der Waals surface area contributed by atoms with Crippen LogP contribution in [0.25, 0.3) is 0 Å². The normalized spacial score (nSPS) is 9.16. The molecule has 1 aromatic rings. The van der Waals surface area contributed by atoms with Crippen molar-refractivity contribution in [2.24, 2.45) is 0 Å². The molecule has 0 spiro atoms. The van der Waals surface area contributed by atoms with Crippen molar-refractivity contribution in [3.05, 3.63) is 28.8 Å². The Kier molecular flexibility index (Phi) is 5.71. The summed E-state index contributed by atoms with van der Waals surface area (Å²) in [6.07, 6.45) is 0. The first-order valence-corrected chi connectivity index (χ1v) is 5.74. The summed E-state index contributed by atoms with van der Waals surface area (Å²) in [6.45, 7) is 1.13. The molecule has 1 aromatic carbocycles. The molecule has 5 nitrogen and oxygen atoms in total. The molecule has 0 saturated heterocycles. The second-order valence-corrected chi connectivity index (χ2v) is 3.97. The number of carbonyl (C=O) groups excluding carboxylic acids is 1. The van der Waals surface area contributed by atoms with Crippen molar-refractivity contribution < 1.29 is 19.4 Å². The molecule has 0 aromatic heterocycles. The lowest BCUT2D eigenvalue weighted by Gasteiger charge is -2.06. The number of carbonyl (C=O) groups is 2. The first-order valence-electron chi connectivity index (χ1n) is 5.36. The minimum Gasteiger partial charge on any atom is -0.481 e. The highest BCUT2D eigenvalue weighted by molar-refractivity contribution is 6.30. The third kappa shape index (κ3) is 5.80. The lowest BCUT2D eigenvalue weighted by Crippen LogP contribution is -2.19. The zero-order valence-electron chi connectivity index (χ0n) is 10.2. The van der Waals surface area contributed by atoms with Crippen LogP contribution in [0.1, 0.15) is 12.5 Å². The largest absolute Gasteiger partial charge is 0.481 e. The van der Waals surface area contributed by atoms with E-state index in [2.05, 4.69) is 17.2 Å². The molecule has 0 radical (unpaired) electrons. The van der Waals surface area contributed by atoms with Gasteiger partial charge in [0.25, 0.3) is 0 Å². The number of rotatable bonds is 4. The third-order valence-electron chi connectivity index (χ3n) is 1.94. The summed E-state index contributed by atoms with van der Waals surface area (Å²) in [5, 5.41) is 11.5. The number of hydrogen-bond donors (Lipinski definition) is 2. The average molecular weight is 282 g/mol. The Balaban J connectivity index is 2.80. The average Bonchev–Trinajstić information content (AvgIpc) is 2.33. The van der Waals surface area contributed by atoms with Gasteiger partial charge in [0.05, 0.1) is 12.1 Å². The highest BCUT2D eigenvalue weighted by atomic mass is 35.5. The highest BCUT2D eigenvalue weighted by Crippen LogP contribution is 2.22. The van der Waals surface area contributed by atoms with E-state index in [4.69, 9.17) is 21.4 Å². The molecule has 0 unspecified atom stereocenters. The van der Waals surface area contributed by atoms with Gasteiger partial charge in [-0.3, -0.25) is 4.79 Å². The Morgan fingerprint density at radius 3 is 2.84 bits per heavy atom. The molecule has 0 aliphatic rings. The maximum absolute atomic E-state index is 10.7. The number of benzene rings is 1. The van der Waals surface area contributed by atoms with Crippen LogP contribution in [-0.2, 0) is 9.59 Å². The zero-order chi connectivity index (χ0) is 14.3. The summed E-state index contributed by atoms with van der Waals surface area (Å²) >= 11 is 5.80. The molecule has 0 saturated carbocycles. The number of halogens is 1. The van der Waals surface area contributed by atoms with Gasteiger partial charge >= 0.3 is 5.97 Å². The fourth-order valence-corrected chi connectivity index (χ4v) is 1.33. The highest BCUT2D eigenvalue weighted by Gasteiger charge is 2.05. The number of nitrogens with one attached hydrogen (secondary N) is 1. The van der Waals surface area contributed by atoms with Gasteiger partial charge < -0.3 is 15.2 Å². The van der Waals surface area contributed by atoms with Crippen molar-refractivity contribution in [2.45, 2.75) is 6.92 Å². The quantitative estimate of drug-likeness (QED) is 0.816. The van der Waals surface area contributed by atoms with Gasteiger partial charge in [0.1, 0.15) is 5.75 Å². The Morgan fingerprint density at radius 1 is 1.47 bits per heavy atom. The fourth-order valence-electron chi connectivity index (χ4n) is 1.17. The van der Waals surface area contributed by atoms with Crippen LogP contribution >= 0.6 is 11.6 Å². The van der Waals surface area contributed by atoms with Crippen LogP contribution in [-0.4, -0.2) is 30.1 Å². The Bertz CT molecular complexity index is 545. The lowest BCUT2D eigenvalue weighted by molar-refractivity contribution is -0.139. The monoisotopic (exact) mass is 281 g/mol. The number of amides is 1. The SMILES string of the molecule is CC(=O)NCC#Cc1ccc(Cl)cc1OCC(=O)O. The Labute approximate surface area is 115 Å². The Morgan fingerprint density at radius 2 is 2.21 bits per heavy atom. The molecule has 0 aliphatic carbocycles.